The summed E-state index contributed by atoms with van der Waals surface area (Å²) in [5.41, 5.74) is -0.578. The van der Waals surface area contributed by atoms with Gasteiger partial charge in [-0.15, -0.1) is 0 Å². The van der Waals surface area contributed by atoms with Crippen molar-refractivity contribution in [2.75, 3.05) is 26.2 Å². The second-order valence-electron chi connectivity index (χ2n) is 5.46. The molecule has 0 saturated heterocycles. The SMILES string of the molecule is CCCN(CCC(C)(NCC)C(=O)OCC)C(C)C. The predicted molar refractivity (Wildman–Crippen MR) is 80.3 cm³/mol. The number of rotatable bonds is 10. The standard InChI is InChI=1S/C15H32N2O2/c1-7-11-17(13(4)5)12-10-15(6,16-8-2)14(18)19-9-3/h13,16H,7-12H2,1-6H3. The largest absolute Gasteiger partial charge is 0.465 e. The van der Waals surface area contributed by atoms with Crippen LogP contribution >= 0.6 is 0 Å². The number of carbonyl (C=O) groups excluding carboxylic acids is 1. The Bertz CT molecular complexity index is 257. The minimum absolute atomic E-state index is 0.142. The monoisotopic (exact) mass is 272 g/mol. The third kappa shape index (κ3) is 6.39. The second kappa shape index (κ2) is 9.32. The van der Waals surface area contributed by atoms with E-state index in [9.17, 15) is 4.79 Å². The molecule has 0 aliphatic rings. The molecule has 0 bridgehead atoms. The smallest absolute Gasteiger partial charge is 0.326 e. The van der Waals surface area contributed by atoms with Crippen LogP contribution in [0.2, 0.25) is 0 Å². The molecule has 0 aliphatic heterocycles. The van der Waals surface area contributed by atoms with Crippen LogP contribution in [0.15, 0.2) is 0 Å². The van der Waals surface area contributed by atoms with Crippen molar-refractivity contribution in [3.63, 3.8) is 0 Å². The van der Waals surface area contributed by atoms with E-state index in [1.54, 1.807) is 0 Å². The summed E-state index contributed by atoms with van der Waals surface area (Å²) in [7, 11) is 0. The first-order valence-corrected chi connectivity index (χ1v) is 7.57. The van der Waals surface area contributed by atoms with E-state index in [2.05, 4.69) is 31.0 Å². The molecule has 0 fully saturated rings. The molecule has 0 saturated carbocycles. The van der Waals surface area contributed by atoms with Gasteiger partial charge in [-0.1, -0.05) is 13.8 Å². The van der Waals surface area contributed by atoms with Crippen LogP contribution in [0.25, 0.3) is 0 Å². The van der Waals surface area contributed by atoms with Gasteiger partial charge in [-0.3, -0.25) is 4.79 Å². The average molecular weight is 272 g/mol. The van der Waals surface area contributed by atoms with Gasteiger partial charge in [0.1, 0.15) is 5.54 Å². The van der Waals surface area contributed by atoms with Crippen LogP contribution in [0.3, 0.4) is 0 Å². The topological polar surface area (TPSA) is 41.6 Å². The maximum atomic E-state index is 12.1. The fourth-order valence-electron chi connectivity index (χ4n) is 2.23. The molecule has 0 heterocycles. The van der Waals surface area contributed by atoms with Crippen molar-refractivity contribution in [1.82, 2.24) is 10.2 Å². The van der Waals surface area contributed by atoms with Gasteiger partial charge < -0.3 is 15.0 Å². The number of hydrogen-bond donors (Lipinski definition) is 1. The summed E-state index contributed by atoms with van der Waals surface area (Å²) in [5.74, 6) is -0.142. The number of hydrogen-bond acceptors (Lipinski definition) is 4. The molecule has 0 spiro atoms. The maximum absolute atomic E-state index is 12.1. The molecule has 1 unspecified atom stereocenters. The van der Waals surface area contributed by atoms with E-state index in [-0.39, 0.29) is 5.97 Å². The fourth-order valence-corrected chi connectivity index (χ4v) is 2.23. The molecule has 4 nitrogen and oxygen atoms in total. The van der Waals surface area contributed by atoms with Crippen molar-refractivity contribution in [2.24, 2.45) is 0 Å². The number of esters is 1. The number of ether oxygens (including phenoxy) is 1. The van der Waals surface area contributed by atoms with Crippen LogP contribution in [0.1, 0.15) is 54.4 Å². The molecular formula is C15H32N2O2. The van der Waals surface area contributed by atoms with Gasteiger partial charge in [0.05, 0.1) is 6.61 Å². The van der Waals surface area contributed by atoms with Crippen LogP contribution < -0.4 is 5.32 Å². The van der Waals surface area contributed by atoms with Gasteiger partial charge >= 0.3 is 5.97 Å². The van der Waals surface area contributed by atoms with E-state index in [1.165, 1.54) is 0 Å². The van der Waals surface area contributed by atoms with Gasteiger partial charge in [-0.05, 0) is 53.6 Å². The maximum Gasteiger partial charge on any atom is 0.326 e. The zero-order valence-electron chi connectivity index (χ0n) is 13.6. The Morgan fingerprint density at radius 1 is 1.26 bits per heavy atom. The highest BCUT2D eigenvalue weighted by Gasteiger charge is 2.34. The van der Waals surface area contributed by atoms with Crippen molar-refractivity contribution in [3.05, 3.63) is 0 Å². The Morgan fingerprint density at radius 3 is 2.32 bits per heavy atom. The summed E-state index contributed by atoms with van der Waals surface area (Å²) in [6, 6.07) is 0.507. The summed E-state index contributed by atoms with van der Waals surface area (Å²) in [6.45, 7) is 15.6. The number of nitrogens with one attached hydrogen (secondary N) is 1. The highest BCUT2D eigenvalue weighted by Crippen LogP contribution is 2.14. The molecule has 0 aromatic heterocycles. The molecule has 1 N–H and O–H groups in total. The molecule has 0 aromatic rings. The Labute approximate surface area is 118 Å². The molecule has 1 atom stereocenters. The minimum Gasteiger partial charge on any atom is -0.465 e. The van der Waals surface area contributed by atoms with Crippen molar-refractivity contribution in [3.8, 4) is 0 Å². The van der Waals surface area contributed by atoms with Crippen LogP contribution in [0, 0.1) is 0 Å². The Morgan fingerprint density at radius 2 is 1.89 bits per heavy atom. The molecule has 0 rings (SSSR count). The predicted octanol–water partition coefficient (Wildman–Crippen LogP) is 2.43. The Hall–Kier alpha value is -0.610. The zero-order chi connectivity index (χ0) is 14.9. The van der Waals surface area contributed by atoms with Crippen LogP contribution in [-0.2, 0) is 9.53 Å². The van der Waals surface area contributed by atoms with Crippen LogP contribution in [0.5, 0.6) is 0 Å². The number of carbonyl (C=O) groups is 1. The highest BCUT2D eigenvalue weighted by molar-refractivity contribution is 5.80. The van der Waals surface area contributed by atoms with Gasteiger partial charge in [0.25, 0.3) is 0 Å². The molecule has 4 heteroatoms. The lowest BCUT2D eigenvalue weighted by Gasteiger charge is -2.33. The summed E-state index contributed by atoms with van der Waals surface area (Å²) >= 11 is 0. The van der Waals surface area contributed by atoms with Gasteiger partial charge in [0, 0.05) is 12.6 Å². The van der Waals surface area contributed by atoms with Crippen molar-refractivity contribution >= 4 is 5.97 Å². The van der Waals surface area contributed by atoms with Gasteiger partial charge in [0.15, 0.2) is 0 Å². The molecule has 0 radical (unpaired) electrons. The quantitative estimate of drug-likeness (QED) is 0.620. The fraction of sp³-hybridized carbons (Fsp3) is 0.933. The minimum atomic E-state index is -0.578. The zero-order valence-corrected chi connectivity index (χ0v) is 13.6. The van der Waals surface area contributed by atoms with Crippen LogP contribution in [0.4, 0.5) is 0 Å². The van der Waals surface area contributed by atoms with Gasteiger partial charge in [0.2, 0.25) is 0 Å². The first-order valence-electron chi connectivity index (χ1n) is 7.57. The van der Waals surface area contributed by atoms with E-state index in [0.717, 1.165) is 32.5 Å². The van der Waals surface area contributed by atoms with E-state index in [4.69, 9.17) is 4.74 Å². The van der Waals surface area contributed by atoms with E-state index in [1.807, 2.05) is 20.8 Å². The normalized spacial score (nSPS) is 14.7. The summed E-state index contributed by atoms with van der Waals surface area (Å²) in [5, 5.41) is 3.28. The number of nitrogens with zero attached hydrogens (tertiary/aromatic N) is 1. The second-order valence-corrected chi connectivity index (χ2v) is 5.46. The number of likely N-dealkylation sites (N-methyl/N-ethyl adjacent to an activating group) is 1. The van der Waals surface area contributed by atoms with Crippen molar-refractivity contribution < 1.29 is 9.53 Å². The molecule has 114 valence electrons. The molecule has 0 amide bonds. The van der Waals surface area contributed by atoms with E-state index >= 15 is 0 Å². The molecule has 0 aliphatic carbocycles. The van der Waals surface area contributed by atoms with Crippen LogP contribution in [-0.4, -0.2) is 48.7 Å². The van der Waals surface area contributed by atoms with Crippen molar-refractivity contribution in [2.45, 2.75) is 66.0 Å². The van der Waals surface area contributed by atoms with Gasteiger partial charge in [-0.2, -0.15) is 0 Å². The summed E-state index contributed by atoms with van der Waals surface area (Å²) in [4.78, 5) is 14.5. The first kappa shape index (κ1) is 18.4. The molecular weight excluding hydrogens is 240 g/mol. The Kier molecular flexibility index (Phi) is 9.02. The van der Waals surface area contributed by atoms with Gasteiger partial charge in [-0.25, -0.2) is 0 Å². The molecule has 0 aromatic carbocycles. The van der Waals surface area contributed by atoms with E-state index < -0.39 is 5.54 Å². The summed E-state index contributed by atoms with van der Waals surface area (Å²) in [6.07, 6.45) is 1.91. The van der Waals surface area contributed by atoms with E-state index in [0.29, 0.717) is 12.6 Å². The van der Waals surface area contributed by atoms with Crippen molar-refractivity contribution in [1.29, 1.82) is 0 Å². The lowest BCUT2D eigenvalue weighted by Crippen LogP contribution is -2.52. The summed E-state index contributed by atoms with van der Waals surface area (Å²) < 4.78 is 5.19. The lowest BCUT2D eigenvalue weighted by molar-refractivity contribution is -0.151. The third-order valence-electron chi connectivity index (χ3n) is 3.43. The average Bonchev–Trinajstić information content (AvgIpc) is 2.34. The first-order chi connectivity index (χ1) is 8.91. The lowest BCUT2D eigenvalue weighted by atomic mass is 9.97. The highest BCUT2D eigenvalue weighted by atomic mass is 16.5. The third-order valence-corrected chi connectivity index (χ3v) is 3.43. The molecule has 19 heavy (non-hydrogen) atoms. The Balaban J connectivity index is 4.59.